The maximum absolute atomic E-state index is 13.2. The Kier molecular flexibility index (Phi) is 5.33. The predicted molar refractivity (Wildman–Crippen MR) is 105 cm³/mol. The molecule has 3 rings (SSSR count). The Morgan fingerprint density at radius 3 is 2.41 bits per heavy atom. The fourth-order valence-corrected chi connectivity index (χ4v) is 3.25. The van der Waals surface area contributed by atoms with Crippen LogP contribution in [0.4, 0.5) is 5.69 Å². The van der Waals surface area contributed by atoms with Crippen molar-refractivity contribution in [3.8, 4) is 5.75 Å². The van der Waals surface area contributed by atoms with Gasteiger partial charge in [0.25, 0.3) is 5.91 Å². The molecule has 1 heterocycles. The van der Waals surface area contributed by atoms with Crippen LogP contribution in [-0.4, -0.2) is 26.1 Å². The van der Waals surface area contributed by atoms with Crippen LogP contribution in [0.2, 0.25) is 5.02 Å². The smallest absolute Gasteiger partial charge is 0.340 e. The third kappa shape index (κ3) is 3.46. The molecule has 27 heavy (non-hydrogen) atoms. The molecule has 0 bridgehead atoms. The van der Waals surface area contributed by atoms with Gasteiger partial charge in [-0.25, -0.2) is 4.79 Å². The van der Waals surface area contributed by atoms with E-state index in [0.717, 1.165) is 5.56 Å². The second-order valence-electron chi connectivity index (χ2n) is 5.88. The van der Waals surface area contributed by atoms with Crippen LogP contribution in [0.1, 0.15) is 12.5 Å². The van der Waals surface area contributed by atoms with Gasteiger partial charge in [0.05, 0.1) is 36.1 Å². The minimum absolute atomic E-state index is 0.235. The molecule has 0 aromatic heterocycles. The van der Waals surface area contributed by atoms with Gasteiger partial charge in [0, 0.05) is 5.70 Å². The molecule has 1 aliphatic rings. The number of benzene rings is 2. The van der Waals surface area contributed by atoms with Gasteiger partial charge in [-0.2, -0.15) is 0 Å². The molecule has 0 saturated heterocycles. The van der Waals surface area contributed by atoms with Crippen molar-refractivity contribution in [1.82, 2.24) is 0 Å². The van der Waals surface area contributed by atoms with Crippen molar-refractivity contribution in [2.45, 2.75) is 6.92 Å². The van der Waals surface area contributed by atoms with Gasteiger partial charge in [-0.15, -0.1) is 0 Å². The van der Waals surface area contributed by atoms with E-state index in [0.29, 0.717) is 22.2 Å². The maximum atomic E-state index is 13.2. The highest BCUT2D eigenvalue weighted by Gasteiger charge is 2.38. The monoisotopic (exact) mass is 383 g/mol. The Morgan fingerprint density at radius 1 is 1.11 bits per heavy atom. The summed E-state index contributed by atoms with van der Waals surface area (Å²) in [6.45, 7) is 1.70. The van der Waals surface area contributed by atoms with Gasteiger partial charge in [0.1, 0.15) is 5.75 Å². The molecular weight excluding hydrogens is 366 g/mol. The van der Waals surface area contributed by atoms with Crippen LogP contribution in [-0.2, 0) is 14.3 Å². The SMILES string of the molecule is COC(=O)C1=C(C)N(c2ccc(OC)c(Cl)c2)C(=O)C1=Cc1ccccc1. The number of halogens is 1. The molecule has 0 N–H and O–H groups in total. The number of hydrogen-bond donors (Lipinski definition) is 0. The van der Waals surface area contributed by atoms with E-state index in [2.05, 4.69) is 0 Å². The Bertz CT molecular complexity index is 963. The van der Waals surface area contributed by atoms with Crippen molar-refractivity contribution in [3.05, 3.63) is 76.0 Å². The first-order valence-electron chi connectivity index (χ1n) is 8.22. The van der Waals surface area contributed by atoms with E-state index in [9.17, 15) is 9.59 Å². The summed E-state index contributed by atoms with van der Waals surface area (Å²) in [7, 11) is 2.81. The molecule has 5 nitrogen and oxygen atoms in total. The van der Waals surface area contributed by atoms with Gasteiger partial charge in [0.2, 0.25) is 0 Å². The molecule has 0 atom stereocenters. The fraction of sp³-hybridized carbons (Fsp3) is 0.143. The van der Waals surface area contributed by atoms with Gasteiger partial charge in [-0.1, -0.05) is 41.9 Å². The number of anilines is 1. The van der Waals surface area contributed by atoms with Crippen molar-refractivity contribution in [1.29, 1.82) is 0 Å². The molecule has 1 aliphatic heterocycles. The van der Waals surface area contributed by atoms with Crippen LogP contribution >= 0.6 is 11.6 Å². The zero-order valence-electron chi connectivity index (χ0n) is 15.2. The predicted octanol–water partition coefficient (Wildman–Crippen LogP) is 4.23. The minimum atomic E-state index is -0.565. The van der Waals surface area contributed by atoms with E-state index >= 15 is 0 Å². The van der Waals surface area contributed by atoms with E-state index in [-0.39, 0.29) is 17.1 Å². The lowest BCUT2D eigenvalue weighted by Gasteiger charge is -2.19. The highest BCUT2D eigenvalue weighted by Crippen LogP contribution is 2.38. The average Bonchev–Trinajstić information content (AvgIpc) is 2.92. The van der Waals surface area contributed by atoms with Gasteiger partial charge in [-0.3, -0.25) is 9.69 Å². The normalized spacial score (nSPS) is 15.5. The van der Waals surface area contributed by atoms with Crippen LogP contribution < -0.4 is 9.64 Å². The molecule has 0 aliphatic carbocycles. The van der Waals surface area contributed by atoms with E-state index in [1.165, 1.54) is 19.1 Å². The quantitative estimate of drug-likeness (QED) is 0.585. The first kappa shape index (κ1) is 18.7. The Morgan fingerprint density at radius 2 is 1.81 bits per heavy atom. The molecule has 0 fully saturated rings. The number of carbonyl (C=O) groups excluding carboxylic acids is 2. The second kappa shape index (κ2) is 7.68. The largest absolute Gasteiger partial charge is 0.495 e. The topological polar surface area (TPSA) is 55.8 Å². The summed E-state index contributed by atoms with van der Waals surface area (Å²) in [6, 6.07) is 14.3. The number of rotatable bonds is 4. The van der Waals surface area contributed by atoms with Crippen molar-refractivity contribution >= 4 is 35.2 Å². The highest BCUT2D eigenvalue weighted by molar-refractivity contribution is 6.32. The van der Waals surface area contributed by atoms with Crippen molar-refractivity contribution < 1.29 is 19.1 Å². The van der Waals surface area contributed by atoms with Gasteiger partial charge in [0.15, 0.2) is 0 Å². The summed E-state index contributed by atoms with van der Waals surface area (Å²) in [5.74, 6) is -0.384. The van der Waals surface area contributed by atoms with Crippen molar-refractivity contribution in [2.24, 2.45) is 0 Å². The molecule has 0 saturated carbocycles. The number of hydrogen-bond acceptors (Lipinski definition) is 4. The lowest BCUT2D eigenvalue weighted by Crippen LogP contribution is -2.24. The van der Waals surface area contributed by atoms with Crippen LogP contribution in [0, 0.1) is 0 Å². The molecule has 0 unspecified atom stereocenters. The summed E-state index contributed by atoms with van der Waals surface area (Å²) in [4.78, 5) is 27.0. The fourth-order valence-electron chi connectivity index (χ4n) is 3.00. The molecule has 0 spiro atoms. The van der Waals surface area contributed by atoms with E-state index in [4.69, 9.17) is 21.1 Å². The average molecular weight is 384 g/mol. The lowest BCUT2D eigenvalue weighted by molar-refractivity contribution is -0.136. The van der Waals surface area contributed by atoms with Gasteiger partial charge < -0.3 is 9.47 Å². The third-order valence-corrected chi connectivity index (χ3v) is 4.59. The first-order valence-corrected chi connectivity index (χ1v) is 8.60. The summed E-state index contributed by atoms with van der Waals surface area (Å²) >= 11 is 6.21. The summed E-state index contributed by atoms with van der Waals surface area (Å²) in [5.41, 5.74) is 2.34. The van der Waals surface area contributed by atoms with Gasteiger partial charge >= 0.3 is 5.97 Å². The van der Waals surface area contributed by atoms with Crippen LogP contribution in [0.3, 0.4) is 0 Å². The first-order chi connectivity index (χ1) is 13.0. The molecule has 2 aromatic carbocycles. The minimum Gasteiger partial charge on any atom is -0.495 e. The molecular formula is C21H18ClNO4. The highest BCUT2D eigenvalue weighted by atomic mass is 35.5. The van der Waals surface area contributed by atoms with E-state index in [1.54, 1.807) is 31.2 Å². The molecule has 138 valence electrons. The number of esters is 1. The van der Waals surface area contributed by atoms with Crippen LogP contribution in [0.5, 0.6) is 5.75 Å². The zero-order chi connectivity index (χ0) is 19.6. The van der Waals surface area contributed by atoms with Gasteiger partial charge in [-0.05, 0) is 36.8 Å². The van der Waals surface area contributed by atoms with Crippen LogP contribution in [0.15, 0.2) is 65.4 Å². The number of amides is 1. The molecule has 2 aromatic rings. The standard InChI is InChI=1S/C21H18ClNO4/c1-13-19(21(25)27-3)16(11-14-7-5-4-6-8-14)20(24)23(13)15-9-10-18(26-2)17(22)12-15/h4-12H,1-3H3. The molecule has 0 radical (unpaired) electrons. The number of carbonyl (C=O) groups is 2. The van der Waals surface area contributed by atoms with Crippen LogP contribution in [0.25, 0.3) is 6.08 Å². The summed E-state index contributed by atoms with van der Waals surface area (Å²) < 4.78 is 10.1. The van der Waals surface area contributed by atoms with E-state index in [1.807, 2.05) is 30.3 Å². The third-order valence-electron chi connectivity index (χ3n) is 4.29. The number of ether oxygens (including phenoxy) is 2. The molecule has 1 amide bonds. The maximum Gasteiger partial charge on any atom is 0.340 e. The zero-order valence-corrected chi connectivity index (χ0v) is 15.9. The molecule has 6 heteroatoms. The number of allylic oxidation sites excluding steroid dienone is 1. The lowest BCUT2D eigenvalue weighted by atomic mass is 10.0. The Balaban J connectivity index is 2.13. The Hall–Kier alpha value is -3.05. The summed E-state index contributed by atoms with van der Waals surface area (Å²) in [5, 5.41) is 0.371. The summed E-state index contributed by atoms with van der Waals surface area (Å²) in [6.07, 6.45) is 1.68. The number of methoxy groups -OCH3 is 2. The van der Waals surface area contributed by atoms with Crippen molar-refractivity contribution in [3.63, 3.8) is 0 Å². The second-order valence-corrected chi connectivity index (χ2v) is 6.29. The number of nitrogens with zero attached hydrogens (tertiary/aromatic N) is 1. The van der Waals surface area contributed by atoms with Crippen molar-refractivity contribution in [2.75, 3.05) is 19.1 Å². The Labute approximate surface area is 162 Å². The van der Waals surface area contributed by atoms with E-state index < -0.39 is 5.97 Å².